The molecule has 0 aliphatic heterocycles. The third-order valence-corrected chi connectivity index (χ3v) is 6.38. The van der Waals surface area contributed by atoms with Crippen LogP contribution >= 0.6 is 0 Å². The van der Waals surface area contributed by atoms with Crippen molar-refractivity contribution in [2.24, 2.45) is 0 Å². The van der Waals surface area contributed by atoms with E-state index in [1.807, 2.05) is 23.1 Å². The molecule has 0 saturated heterocycles. The lowest BCUT2D eigenvalue weighted by molar-refractivity contribution is -0.385. The molecule has 0 atom stereocenters. The van der Waals surface area contributed by atoms with Crippen molar-refractivity contribution in [3.8, 4) is 11.5 Å². The van der Waals surface area contributed by atoms with Crippen molar-refractivity contribution in [3.63, 3.8) is 0 Å². The Morgan fingerprint density at radius 1 is 1.00 bits per heavy atom. The van der Waals surface area contributed by atoms with Gasteiger partial charge in [-0.1, -0.05) is 24.3 Å². The largest absolute Gasteiger partial charge is 0.493 e. The minimum absolute atomic E-state index is 0.0848. The number of methoxy groups -OCH3 is 2. The lowest BCUT2D eigenvalue weighted by Crippen LogP contribution is -2.26. The number of carboxylic acid groups (broad SMARTS) is 1. The number of fused-ring (bicyclic) bond motifs is 3. The molecule has 0 spiro atoms. The molecule has 4 aromatic rings. The molecule has 1 aromatic heterocycles. The number of aromatic nitrogens is 1. The van der Waals surface area contributed by atoms with Gasteiger partial charge in [-0.05, 0) is 36.8 Å². The first-order valence-electron chi connectivity index (χ1n) is 11.7. The Hall–Kier alpha value is -4.11. The van der Waals surface area contributed by atoms with E-state index in [9.17, 15) is 20.0 Å². The maximum absolute atomic E-state index is 11.8. The number of benzene rings is 3. The van der Waals surface area contributed by atoms with E-state index in [0.717, 1.165) is 33.9 Å². The zero-order chi connectivity index (χ0) is 25.8. The van der Waals surface area contributed by atoms with Crippen LogP contribution in [-0.2, 0) is 24.4 Å². The van der Waals surface area contributed by atoms with Crippen molar-refractivity contribution in [1.29, 1.82) is 0 Å². The van der Waals surface area contributed by atoms with Crippen LogP contribution in [0.2, 0.25) is 0 Å². The number of ether oxygens (including phenoxy) is 2. The van der Waals surface area contributed by atoms with Crippen molar-refractivity contribution in [2.75, 3.05) is 20.8 Å². The minimum atomic E-state index is -0.928. The average Bonchev–Trinajstić information content (AvgIpc) is 3.19. The van der Waals surface area contributed by atoms with Crippen molar-refractivity contribution in [3.05, 3.63) is 75.8 Å². The maximum atomic E-state index is 11.8. The van der Waals surface area contributed by atoms with Crippen molar-refractivity contribution < 1.29 is 24.3 Å². The van der Waals surface area contributed by atoms with Gasteiger partial charge in [0.25, 0.3) is 5.69 Å². The molecule has 1 heterocycles. The Kier molecular flexibility index (Phi) is 7.40. The molecule has 36 heavy (non-hydrogen) atoms. The molecule has 0 radical (unpaired) electrons. The average molecular weight is 492 g/mol. The number of hydrogen-bond donors (Lipinski definition) is 1. The highest BCUT2D eigenvalue weighted by molar-refractivity contribution is 6.08. The molecule has 0 saturated carbocycles. The number of nitro benzene ring substituents is 1. The molecule has 0 unspecified atom stereocenters. The Labute approximate surface area is 208 Å². The zero-order valence-electron chi connectivity index (χ0n) is 20.6. The van der Waals surface area contributed by atoms with Gasteiger partial charge in [-0.2, -0.15) is 0 Å². The maximum Gasteiger partial charge on any atom is 0.304 e. The lowest BCUT2D eigenvalue weighted by Gasteiger charge is -2.22. The van der Waals surface area contributed by atoms with Gasteiger partial charge < -0.3 is 19.1 Å². The van der Waals surface area contributed by atoms with Crippen LogP contribution in [0.25, 0.3) is 21.8 Å². The molecule has 9 heteroatoms. The van der Waals surface area contributed by atoms with E-state index in [0.29, 0.717) is 17.9 Å². The van der Waals surface area contributed by atoms with Crippen LogP contribution in [0.15, 0.2) is 54.6 Å². The van der Waals surface area contributed by atoms with Crippen molar-refractivity contribution >= 4 is 33.5 Å². The van der Waals surface area contributed by atoms with Crippen LogP contribution in [-0.4, -0.2) is 46.2 Å². The van der Waals surface area contributed by atoms with Crippen molar-refractivity contribution in [1.82, 2.24) is 9.47 Å². The topological polar surface area (TPSA) is 107 Å². The number of rotatable bonds is 11. The molecule has 0 amide bonds. The highest BCUT2D eigenvalue weighted by Gasteiger charge is 2.22. The minimum Gasteiger partial charge on any atom is -0.493 e. The first-order valence-corrected chi connectivity index (χ1v) is 11.7. The number of aryl methyl sites for hydroxylation is 1. The summed E-state index contributed by atoms with van der Waals surface area (Å²) in [5.41, 5.74) is 3.61. The summed E-state index contributed by atoms with van der Waals surface area (Å²) in [6, 6.07) is 17.4. The molecule has 0 fully saturated rings. The summed E-state index contributed by atoms with van der Waals surface area (Å²) in [5.74, 6) is -0.281. The van der Waals surface area contributed by atoms with Crippen LogP contribution in [0.4, 0.5) is 5.69 Å². The standard InChI is InChI=1S/C27H29N3O6/c1-4-29-22-8-6-5-7-20(22)21-13-18(9-10-23(21)29)16-28(12-11-27(31)32)17-19-14-25(35-2)26(36-3)15-24(19)30(33)34/h5-10,13-15H,4,11-12,16-17H2,1-3H3,(H,31,32). The summed E-state index contributed by atoms with van der Waals surface area (Å²) in [7, 11) is 2.89. The van der Waals surface area contributed by atoms with Gasteiger partial charge in [0.2, 0.25) is 0 Å². The van der Waals surface area contributed by atoms with Gasteiger partial charge in [-0.15, -0.1) is 0 Å². The van der Waals surface area contributed by atoms with E-state index in [1.165, 1.54) is 20.3 Å². The van der Waals surface area contributed by atoms with E-state index in [2.05, 4.69) is 35.8 Å². The molecular formula is C27H29N3O6. The number of para-hydroxylation sites is 1. The van der Waals surface area contributed by atoms with Crippen LogP contribution < -0.4 is 9.47 Å². The second-order valence-corrected chi connectivity index (χ2v) is 8.56. The Balaban J connectivity index is 1.71. The molecule has 0 aliphatic rings. The number of hydrogen-bond acceptors (Lipinski definition) is 6. The third kappa shape index (κ3) is 4.96. The Morgan fingerprint density at radius 2 is 1.69 bits per heavy atom. The van der Waals surface area contributed by atoms with Crippen LogP contribution in [0.1, 0.15) is 24.5 Å². The number of nitrogens with zero attached hydrogens (tertiary/aromatic N) is 3. The van der Waals surface area contributed by atoms with Gasteiger partial charge in [-0.25, -0.2) is 0 Å². The summed E-state index contributed by atoms with van der Waals surface area (Å²) in [6.45, 7) is 3.80. The normalized spacial score (nSPS) is 11.3. The van der Waals surface area contributed by atoms with Gasteiger partial charge in [0, 0.05) is 53.5 Å². The zero-order valence-corrected chi connectivity index (χ0v) is 20.6. The van der Waals surface area contributed by atoms with Crippen LogP contribution in [0, 0.1) is 10.1 Å². The molecule has 0 aliphatic carbocycles. The summed E-state index contributed by atoms with van der Waals surface area (Å²) < 4.78 is 12.8. The first kappa shape index (κ1) is 25.0. The number of nitro groups is 1. The van der Waals surface area contributed by atoms with E-state index < -0.39 is 10.9 Å². The fourth-order valence-electron chi connectivity index (χ4n) is 4.71. The highest BCUT2D eigenvalue weighted by atomic mass is 16.6. The van der Waals surface area contributed by atoms with E-state index in [-0.39, 0.29) is 30.9 Å². The van der Waals surface area contributed by atoms with E-state index >= 15 is 0 Å². The van der Waals surface area contributed by atoms with Crippen LogP contribution in [0.3, 0.4) is 0 Å². The lowest BCUT2D eigenvalue weighted by atomic mass is 10.1. The summed E-state index contributed by atoms with van der Waals surface area (Å²) >= 11 is 0. The van der Waals surface area contributed by atoms with E-state index in [1.54, 1.807) is 6.07 Å². The van der Waals surface area contributed by atoms with Gasteiger partial charge in [0.1, 0.15) is 0 Å². The Morgan fingerprint density at radius 3 is 2.36 bits per heavy atom. The summed E-state index contributed by atoms with van der Waals surface area (Å²) in [5, 5.41) is 23.4. The fraction of sp³-hybridized carbons (Fsp3) is 0.296. The predicted molar refractivity (Wildman–Crippen MR) is 138 cm³/mol. The second-order valence-electron chi connectivity index (χ2n) is 8.56. The fourth-order valence-corrected chi connectivity index (χ4v) is 4.71. The number of aliphatic carboxylic acids is 1. The van der Waals surface area contributed by atoms with Gasteiger partial charge in [-0.3, -0.25) is 19.8 Å². The quantitative estimate of drug-likeness (QED) is 0.226. The monoisotopic (exact) mass is 491 g/mol. The molecule has 4 rings (SSSR count). The van der Waals surface area contributed by atoms with E-state index in [4.69, 9.17) is 9.47 Å². The molecule has 3 aromatic carbocycles. The third-order valence-electron chi connectivity index (χ3n) is 6.38. The predicted octanol–water partition coefficient (Wildman–Crippen LogP) is 5.22. The van der Waals surface area contributed by atoms with Crippen molar-refractivity contribution in [2.45, 2.75) is 33.0 Å². The van der Waals surface area contributed by atoms with Crippen LogP contribution in [0.5, 0.6) is 11.5 Å². The van der Waals surface area contributed by atoms with Gasteiger partial charge in [0.05, 0.1) is 31.6 Å². The summed E-state index contributed by atoms with van der Waals surface area (Å²) in [4.78, 5) is 24.6. The smallest absolute Gasteiger partial charge is 0.304 e. The molecule has 1 N–H and O–H groups in total. The SMILES string of the molecule is CCn1c2ccccc2c2cc(CN(CCC(=O)O)Cc3cc(OC)c(OC)cc3[N+](=O)[O-])ccc21. The summed E-state index contributed by atoms with van der Waals surface area (Å²) in [6.07, 6.45) is -0.0848. The molecule has 188 valence electrons. The first-order chi connectivity index (χ1) is 17.4. The Bertz CT molecular complexity index is 1430. The van der Waals surface area contributed by atoms with Gasteiger partial charge in [0.15, 0.2) is 11.5 Å². The van der Waals surface area contributed by atoms with Gasteiger partial charge >= 0.3 is 5.97 Å². The molecule has 0 bridgehead atoms. The molecular weight excluding hydrogens is 462 g/mol. The number of carboxylic acids is 1. The molecule has 9 nitrogen and oxygen atoms in total. The highest BCUT2D eigenvalue weighted by Crippen LogP contribution is 2.35. The number of carbonyl (C=O) groups is 1. The second kappa shape index (κ2) is 10.7.